The molecule has 0 fully saturated rings. The lowest BCUT2D eigenvalue weighted by Crippen LogP contribution is -2.01. The van der Waals surface area contributed by atoms with Gasteiger partial charge in [-0.2, -0.15) is 0 Å². The van der Waals surface area contributed by atoms with Crippen molar-refractivity contribution in [1.29, 1.82) is 0 Å². The molecular weight excluding hydrogens is 152 g/mol. The second kappa shape index (κ2) is 2.30. The third kappa shape index (κ3) is 1.11. The van der Waals surface area contributed by atoms with E-state index in [-0.39, 0.29) is 11.0 Å². The van der Waals surface area contributed by atoms with Crippen LogP contribution in [0.2, 0.25) is 5.15 Å². The summed E-state index contributed by atoms with van der Waals surface area (Å²) in [5.41, 5.74) is 11.3. The highest BCUT2D eigenvalue weighted by atomic mass is 35.5. The first-order valence-corrected chi connectivity index (χ1v) is 3.04. The van der Waals surface area contributed by atoms with Crippen LogP contribution < -0.4 is 11.5 Å². The molecule has 0 aliphatic heterocycles. The average molecular weight is 159 g/mol. The third-order valence-electron chi connectivity index (χ3n) is 1.09. The maximum Gasteiger partial charge on any atom is 0.171 e. The van der Waals surface area contributed by atoms with Crippen molar-refractivity contribution in [3.05, 3.63) is 10.8 Å². The standard InChI is InChI=1S/C5H7ClN4/c1-2-4(7)10-5(8)3(6)9-2/h1H3,(H4,7,8,10). The van der Waals surface area contributed by atoms with Crippen LogP contribution >= 0.6 is 11.6 Å². The summed E-state index contributed by atoms with van der Waals surface area (Å²) in [6, 6.07) is 0. The molecule has 1 heterocycles. The van der Waals surface area contributed by atoms with E-state index in [0.29, 0.717) is 11.5 Å². The molecule has 0 radical (unpaired) electrons. The van der Waals surface area contributed by atoms with Crippen LogP contribution in [0.5, 0.6) is 0 Å². The average Bonchev–Trinajstić information content (AvgIpc) is 1.84. The summed E-state index contributed by atoms with van der Waals surface area (Å²) < 4.78 is 0. The molecule has 1 aromatic heterocycles. The molecule has 5 heteroatoms. The topological polar surface area (TPSA) is 77.8 Å². The van der Waals surface area contributed by atoms with E-state index in [1.807, 2.05) is 0 Å². The Bertz CT molecular complexity index is 210. The number of rotatable bonds is 0. The fraction of sp³-hybridized carbons (Fsp3) is 0.200. The van der Waals surface area contributed by atoms with E-state index in [4.69, 9.17) is 23.1 Å². The van der Waals surface area contributed by atoms with Gasteiger partial charge in [-0.3, -0.25) is 0 Å². The molecule has 10 heavy (non-hydrogen) atoms. The molecule has 0 aliphatic rings. The lowest BCUT2D eigenvalue weighted by atomic mass is 10.4. The van der Waals surface area contributed by atoms with E-state index < -0.39 is 0 Å². The van der Waals surface area contributed by atoms with Gasteiger partial charge in [0.2, 0.25) is 0 Å². The highest BCUT2D eigenvalue weighted by molar-refractivity contribution is 6.31. The van der Waals surface area contributed by atoms with Gasteiger partial charge in [-0.15, -0.1) is 0 Å². The normalized spacial score (nSPS) is 9.80. The van der Waals surface area contributed by atoms with E-state index in [9.17, 15) is 0 Å². The number of nitrogen functional groups attached to an aromatic ring is 2. The first kappa shape index (κ1) is 7.08. The van der Waals surface area contributed by atoms with Crippen molar-refractivity contribution < 1.29 is 0 Å². The second-order valence-electron chi connectivity index (χ2n) is 1.87. The number of halogens is 1. The Morgan fingerprint density at radius 3 is 2.30 bits per heavy atom. The fourth-order valence-corrected chi connectivity index (χ4v) is 0.688. The lowest BCUT2D eigenvalue weighted by Gasteiger charge is -1.99. The van der Waals surface area contributed by atoms with Gasteiger partial charge in [0.15, 0.2) is 11.0 Å². The van der Waals surface area contributed by atoms with Gasteiger partial charge in [-0.25, -0.2) is 9.97 Å². The van der Waals surface area contributed by atoms with Crippen molar-refractivity contribution in [1.82, 2.24) is 9.97 Å². The smallest absolute Gasteiger partial charge is 0.171 e. The van der Waals surface area contributed by atoms with Crippen LogP contribution in [0.4, 0.5) is 11.6 Å². The van der Waals surface area contributed by atoms with E-state index >= 15 is 0 Å². The van der Waals surface area contributed by atoms with Crippen molar-refractivity contribution in [2.75, 3.05) is 11.5 Å². The number of anilines is 2. The van der Waals surface area contributed by atoms with Gasteiger partial charge in [0, 0.05) is 0 Å². The predicted octanol–water partition coefficient (Wildman–Crippen LogP) is 0.603. The highest BCUT2D eigenvalue weighted by Gasteiger charge is 2.02. The van der Waals surface area contributed by atoms with Gasteiger partial charge in [-0.05, 0) is 6.92 Å². The molecule has 0 aliphatic carbocycles. The zero-order valence-electron chi connectivity index (χ0n) is 5.43. The number of nitrogens with two attached hydrogens (primary N) is 2. The number of aryl methyl sites for hydroxylation is 1. The zero-order chi connectivity index (χ0) is 7.72. The molecule has 0 amide bonds. The van der Waals surface area contributed by atoms with E-state index in [1.165, 1.54) is 0 Å². The maximum absolute atomic E-state index is 5.53. The summed E-state index contributed by atoms with van der Waals surface area (Å²) in [7, 11) is 0. The molecule has 4 nitrogen and oxygen atoms in total. The lowest BCUT2D eigenvalue weighted by molar-refractivity contribution is 1.14. The van der Waals surface area contributed by atoms with E-state index in [1.54, 1.807) is 6.92 Å². The molecule has 0 bridgehead atoms. The zero-order valence-corrected chi connectivity index (χ0v) is 6.18. The quantitative estimate of drug-likeness (QED) is 0.580. The number of hydrogen-bond acceptors (Lipinski definition) is 4. The van der Waals surface area contributed by atoms with Crippen LogP contribution in [0.3, 0.4) is 0 Å². The van der Waals surface area contributed by atoms with Crippen molar-refractivity contribution in [2.45, 2.75) is 6.92 Å². The summed E-state index contributed by atoms with van der Waals surface area (Å²) in [6.45, 7) is 1.72. The Kier molecular flexibility index (Phi) is 1.63. The minimum Gasteiger partial charge on any atom is -0.382 e. The number of nitrogens with zero attached hydrogens (tertiary/aromatic N) is 2. The minimum absolute atomic E-state index is 0.171. The number of aromatic nitrogens is 2. The molecular formula is C5H7ClN4. The van der Waals surface area contributed by atoms with E-state index in [0.717, 1.165) is 0 Å². The molecule has 0 atom stereocenters. The molecule has 0 unspecified atom stereocenters. The monoisotopic (exact) mass is 158 g/mol. The maximum atomic E-state index is 5.53. The third-order valence-corrected chi connectivity index (χ3v) is 1.37. The van der Waals surface area contributed by atoms with Crippen LogP contribution in [-0.4, -0.2) is 9.97 Å². The molecule has 0 spiro atoms. The van der Waals surface area contributed by atoms with Gasteiger partial charge < -0.3 is 11.5 Å². The minimum atomic E-state index is 0.171. The highest BCUT2D eigenvalue weighted by Crippen LogP contribution is 2.15. The SMILES string of the molecule is Cc1nc(Cl)c(N)nc1N. The second-order valence-corrected chi connectivity index (χ2v) is 2.23. The van der Waals surface area contributed by atoms with Crippen LogP contribution in [0.15, 0.2) is 0 Å². The molecule has 4 N–H and O–H groups in total. The van der Waals surface area contributed by atoms with Gasteiger partial charge >= 0.3 is 0 Å². The first-order chi connectivity index (χ1) is 4.61. The summed E-state index contributed by atoms with van der Waals surface area (Å²) in [4.78, 5) is 7.56. The van der Waals surface area contributed by atoms with Crippen LogP contribution in [0, 0.1) is 6.92 Å². The summed E-state index contributed by atoms with van der Waals surface area (Å²) >= 11 is 5.53. The van der Waals surface area contributed by atoms with Crippen LogP contribution in [0.1, 0.15) is 5.69 Å². The Morgan fingerprint density at radius 1 is 1.20 bits per heavy atom. The Morgan fingerprint density at radius 2 is 1.80 bits per heavy atom. The van der Waals surface area contributed by atoms with Gasteiger partial charge in [0.05, 0.1) is 5.69 Å². The van der Waals surface area contributed by atoms with Crippen molar-refractivity contribution >= 4 is 23.2 Å². The van der Waals surface area contributed by atoms with Crippen molar-refractivity contribution in [3.63, 3.8) is 0 Å². The van der Waals surface area contributed by atoms with Crippen LogP contribution in [-0.2, 0) is 0 Å². The Balaban J connectivity index is 3.28. The van der Waals surface area contributed by atoms with Gasteiger partial charge in [0.25, 0.3) is 0 Å². The molecule has 1 rings (SSSR count). The van der Waals surface area contributed by atoms with E-state index in [2.05, 4.69) is 9.97 Å². The van der Waals surface area contributed by atoms with Gasteiger partial charge in [0.1, 0.15) is 5.82 Å². The molecule has 0 aromatic carbocycles. The largest absolute Gasteiger partial charge is 0.382 e. The van der Waals surface area contributed by atoms with Crippen molar-refractivity contribution in [2.24, 2.45) is 0 Å². The summed E-state index contributed by atoms with van der Waals surface area (Å²) in [6.07, 6.45) is 0. The van der Waals surface area contributed by atoms with Crippen LogP contribution in [0.25, 0.3) is 0 Å². The first-order valence-electron chi connectivity index (χ1n) is 2.66. The Hall–Kier alpha value is -1.03. The summed E-state index contributed by atoms with van der Waals surface area (Å²) in [5, 5.41) is 0.201. The molecule has 0 saturated heterocycles. The summed E-state index contributed by atoms with van der Waals surface area (Å²) in [5.74, 6) is 0.492. The molecule has 1 aromatic rings. The fourth-order valence-electron chi connectivity index (χ4n) is 0.519. The Labute approximate surface area is 63.2 Å². The molecule has 54 valence electrons. The predicted molar refractivity (Wildman–Crippen MR) is 40.6 cm³/mol. The van der Waals surface area contributed by atoms with Crippen molar-refractivity contribution in [3.8, 4) is 0 Å². The van der Waals surface area contributed by atoms with Gasteiger partial charge in [-0.1, -0.05) is 11.6 Å². The molecule has 0 saturated carbocycles. The number of hydrogen-bond donors (Lipinski definition) is 2.